The van der Waals surface area contributed by atoms with E-state index < -0.39 is 5.41 Å². The van der Waals surface area contributed by atoms with Crippen LogP contribution in [0.4, 0.5) is 0 Å². The molecular formula is C19H22N4O3S. The molecule has 2 saturated heterocycles. The standard InChI is InChI=1S/C19H22N4O3S/c1-27-16-15(3-2-6-21-16)17(24)23-8-4-19(5-9-23)11-14(26-18(19)25)12-22-10-7-20-13-22/h2-3,6-7,10,13-14H,4-5,8-9,11-12H2,1H3. The van der Waals surface area contributed by atoms with Crippen LogP contribution in [0.1, 0.15) is 29.6 Å². The Kier molecular flexibility index (Phi) is 4.90. The molecule has 1 unspecified atom stereocenters. The number of likely N-dealkylation sites (tertiary alicyclic amines) is 1. The molecule has 1 atom stereocenters. The number of cyclic esters (lactones) is 1. The third-order valence-electron chi connectivity index (χ3n) is 5.50. The minimum Gasteiger partial charge on any atom is -0.460 e. The van der Waals surface area contributed by atoms with Crippen molar-refractivity contribution in [3.05, 3.63) is 42.6 Å². The minimum atomic E-state index is -0.459. The second-order valence-corrected chi connectivity index (χ2v) is 7.92. The molecule has 8 heteroatoms. The minimum absolute atomic E-state index is 0.0105. The molecule has 2 aromatic heterocycles. The van der Waals surface area contributed by atoms with E-state index in [2.05, 4.69) is 9.97 Å². The largest absolute Gasteiger partial charge is 0.460 e. The molecule has 7 nitrogen and oxygen atoms in total. The summed E-state index contributed by atoms with van der Waals surface area (Å²) in [6.07, 6.45) is 10.8. The number of rotatable bonds is 4. The summed E-state index contributed by atoms with van der Waals surface area (Å²) < 4.78 is 7.57. The summed E-state index contributed by atoms with van der Waals surface area (Å²) in [5.41, 5.74) is 0.173. The van der Waals surface area contributed by atoms with Gasteiger partial charge in [0.25, 0.3) is 5.91 Å². The lowest BCUT2D eigenvalue weighted by Crippen LogP contribution is -2.45. The van der Waals surface area contributed by atoms with Gasteiger partial charge < -0.3 is 14.2 Å². The molecule has 2 aromatic rings. The van der Waals surface area contributed by atoms with Gasteiger partial charge in [0.2, 0.25) is 0 Å². The molecule has 1 amide bonds. The molecule has 2 aliphatic heterocycles. The SMILES string of the molecule is CSc1ncccc1C(=O)N1CCC2(CC1)CC(Cn1ccnc1)OC2=O. The Morgan fingerprint density at radius 1 is 1.37 bits per heavy atom. The molecule has 142 valence electrons. The van der Waals surface area contributed by atoms with Crippen LogP contribution in [0.15, 0.2) is 42.1 Å². The topological polar surface area (TPSA) is 77.3 Å². The molecule has 4 rings (SSSR count). The van der Waals surface area contributed by atoms with Crippen LogP contribution in [-0.4, -0.2) is 56.8 Å². The highest BCUT2D eigenvalue weighted by Crippen LogP contribution is 2.43. The van der Waals surface area contributed by atoms with Crippen molar-refractivity contribution in [1.82, 2.24) is 19.4 Å². The lowest BCUT2D eigenvalue weighted by atomic mass is 9.76. The highest BCUT2D eigenvalue weighted by atomic mass is 32.2. The summed E-state index contributed by atoms with van der Waals surface area (Å²) in [5, 5.41) is 0.739. The van der Waals surface area contributed by atoms with E-state index in [1.165, 1.54) is 11.8 Å². The number of imidazole rings is 1. The van der Waals surface area contributed by atoms with Gasteiger partial charge in [-0.2, -0.15) is 0 Å². The maximum absolute atomic E-state index is 12.9. The van der Waals surface area contributed by atoms with E-state index in [1.807, 2.05) is 28.0 Å². The lowest BCUT2D eigenvalue weighted by molar-refractivity contribution is -0.150. The number of aromatic nitrogens is 3. The van der Waals surface area contributed by atoms with Crippen LogP contribution in [0, 0.1) is 5.41 Å². The molecule has 0 bridgehead atoms. The number of amides is 1. The van der Waals surface area contributed by atoms with Gasteiger partial charge in [-0.1, -0.05) is 0 Å². The van der Waals surface area contributed by atoms with E-state index in [1.54, 1.807) is 24.8 Å². The summed E-state index contributed by atoms with van der Waals surface area (Å²) in [6, 6.07) is 3.60. The third-order valence-corrected chi connectivity index (χ3v) is 6.21. The van der Waals surface area contributed by atoms with Crippen LogP contribution in [0.5, 0.6) is 0 Å². The van der Waals surface area contributed by atoms with E-state index in [-0.39, 0.29) is 18.0 Å². The van der Waals surface area contributed by atoms with Crippen molar-refractivity contribution in [2.45, 2.75) is 36.9 Å². The highest BCUT2D eigenvalue weighted by molar-refractivity contribution is 7.98. The van der Waals surface area contributed by atoms with Crippen molar-refractivity contribution in [2.24, 2.45) is 5.41 Å². The van der Waals surface area contributed by atoms with E-state index in [0.29, 0.717) is 44.5 Å². The van der Waals surface area contributed by atoms with Crippen LogP contribution in [0.2, 0.25) is 0 Å². The summed E-state index contributed by atoms with van der Waals surface area (Å²) in [4.78, 5) is 35.6. The molecule has 0 aromatic carbocycles. The van der Waals surface area contributed by atoms with Crippen molar-refractivity contribution >= 4 is 23.6 Å². The number of hydrogen-bond donors (Lipinski definition) is 0. The second-order valence-electron chi connectivity index (χ2n) is 7.12. The predicted octanol–water partition coefficient (Wildman–Crippen LogP) is 2.24. The Balaban J connectivity index is 1.41. The number of piperidine rings is 1. The summed E-state index contributed by atoms with van der Waals surface area (Å²) in [5.74, 6) is -0.130. The molecule has 0 radical (unpaired) electrons. The molecule has 2 aliphatic rings. The number of thioether (sulfide) groups is 1. The van der Waals surface area contributed by atoms with Gasteiger partial charge >= 0.3 is 5.97 Å². The molecule has 1 spiro atoms. The normalized spacial score (nSPS) is 21.4. The maximum Gasteiger partial charge on any atom is 0.312 e. The van der Waals surface area contributed by atoms with Gasteiger partial charge in [0.1, 0.15) is 11.1 Å². The molecule has 4 heterocycles. The molecule has 0 saturated carbocycles. The Labute approximate surface area is 162 Å². The number of esters is 1. The van der Waals surface area contributed by atoms with Crippen molar-refractivity contribution in [3.8, 4) is 0 Å². The molecule has 0 N–H and O–H groups in total. The van der Waals surface area contributed by atoms with Crippen LogP contribution in [0.25, 0.3) is 0 Å². The van der Waals surface area contributed by atoms with E-state index >= 15 is 0 Å². The molecular weight excluding hydrogens is 364 g/mol. The van der Waals surface area contributed by atoms with Crippen LogP contribution in [0.3, 0.4) is 0 Å². The molecule has 2 fully saturated rings. The van der Waals surface area contributed by atoms with Gasteiger partial charge in [-0.05, 0) is 31.2 Å². The predicted molar refractivity (Wildman–Crippen MR) is 100 cm³/mol. The van der Waals surface area contributed by atoms with Crippen LogP contribution >= 0.6 is 11.8 Å². The van der Waals surface area contributed by atoms with Gasteiger partial charge in [0.15, 0.2) is 0 Å². The average molecular weight is 386 g/mol. The molecule has 27 heavy (non-hydrogen) atoms. The number of hydrogen-bond acceptors (Lipinski definition) is 6. The van der Waals surface area contributed by atoms with Crippen LogP contribution < -0.4 is 0 Å². The van der Waals surface area contributed by atoms with Gasteiger partial charge in [-0.15, -0.1) is 11.8 Å². The van der Waals surface area contributed by atoms with Gasteiger partial charge in [-0.25, -0.2) is 9.97 Å². The Hall–Kier alpha value is -2.35. The summed E-state index contributed by atoms with van der Waals surface area (Å²) in [6.45, 7) is 1.76. The van der Waals surface area contributed by atoms with Crippen molar-refractivity contribution in [3.63, 3.8) is 0 Å². The summed E-state index contributed by atoms with van der Waals surface area (Å²) >= 11 is 1.47. The Bertz CT molecular complexity index is 831. The fraction of sp³-hybridized carbons (Fsp3) is 0.474. The van der Waals surface area contributed by atoms with E-state index in [4.69, 9.17) is 4.74 Å². The fourth-order valence-corrected chi connectivity index (χ4v) is 4.54. The Morgan fingerprint density at radius 2 is 2.19 bits per heavy atom. The number of carbonyl (C=O) groups excluding carboxylic acids is 2. The zero-order valence-corrected chi connectivity index (χ0v) is 16.0. The highest BCUT2D eigenvalue weighted by Gasteiger charge is 2.50. The van der Waals surface area contributed by atoms with Crippen molar-refractivity contribution in [1.29, 1.82) is 0 Å². The van der Waals surface area contributed by atoms with Crippen molar-refractivity contribution in [2.75, 3.05) is 19.3 Å². The zero-order chi connectivity index (χ0) is 18.9. The Morgan fingerprint density at radius 3 is 2.89 bits per heavy atom. The zero-order valence-electron chi connectivity index (χ0n) is 15.2. The number of pyridine rings is 1. The van der Waals surface area contributed by atoms with Gasteiger partial charge in [0, 0.05) is 38.1 Å². The van der Waals surface area contributed by atoms with Gasteiger partial charge in [0.05, 0.1) is 23.9 Å². The monoisotopic (exact) mass is 386 g/mol. The first kappa shape index (κ1) is 18.0. The number of ether oxygens (including phenoxy) is 1. The quantitative estimate of drug-likeness (QED) is 0.592. The first-order valence-electron chi connectivity index (χ1n) is 9.06. The average Bonchev–Trinajstić information content (AvgIpc) is 3.30. The third kappa shape index (κ3) is 3.45. The summed E-state index contributed by atoms with van der Waals surface area (Å²) in [7, 11) is 0. The van der Waals surface area contributed by atoms with Crippen LogP contribution in [-0.2, 0) is 16.1 Å². The maximum atomic E-state index is 12.9. The van der Waals surface area contributed by atoms with Crippen molar-refractivity contribution < 1.29 is 14.3 Å². The smallest absolute Gasteiger partial charge is 0.312 e. The number of carbonyl (C=O) groups is 2. The van der Waals surface area contributed by atoms with E-state index in [0.717, 1.165) is 5.03 Å². The second kappa shape index (κ2) is 7.34. The van der Waals surface area contributed by atoms with Gasteiger partial charge in [-0.3, -0.25) is 9.59 Å². The molecule has 0 aliphatic carbocycles. The van der Waals surface area contributed by atoms with E-state index in [9.17, 15) is 9.59 Å². The lowest BCUT2D eigenvalue weighted by Gasteiger charge is -2.36. The number of nitrogens with zero attached hydrogens (tertiary/aromatic N) is 4. The fourth-order valence-electron chi connectivity index (χ4n) is 4.00. The first-order chi connectivity index (χ1) is 13.1. The first-order valence-corrected chi connectivity index (χ1v) is 10.3.